The van der Waals surface area contributed by atoms with E-state index < -0.39 is 5.97 Å². The number of nitrogens with zero attached hydrogens (tertiary/aromatic N) is 1. The molecule has 1 aromatic heterocycles. The third kappa shape index (κ3) is 3.71. The van der Waals surface area contributed by atoms with Gasteiger partial charge in [0.1, 0.15) is 0 Å². The van der Waals surface area contributed by atoms with Crippen molar-refractivity contribution in [2.75, 3.05) is 12.4 Å². The highest BCUT2D eigenvalue weighted by Gasteiger charge is 2.15. The van der Waals surface area contributed by atoms with Crippen molar-refractivity contribution < 1.29 is 14.3 Å². The number of nitrogens with one attached hydrogen (secondary N) is 1. The van der Waals surface area contributed by atoms with Crippen LogP contribution >= 0.6 is 0 Å². The van der Waals surface area contributed by atoms with E-state index in [0.29, 0.717) is 16.8 Å². The maximum atomic E-state index is 12.9. The topological polar surface area (TPSA) is 68.3 Å². The number of esters is 1. The highest BCUT2D eigenvalue weighted by atomic mass is 16.5. The van der Waals surface area contributed by atoms with Crippen LogP contribution in [-0.4, -0.2) is 24.0 Å². The van der Waals surface area contributed by atoms with Crippen LogP contribution in [0.1, 0.15) is 20.7 Å². The molecule has 29 heavy (non-hydrogen) atoms. The summed E-state index contributed by atoms with van der Waals surface area (Å²) in [6.07, 6.45) is 3.57. The zero-order chi connectivity index (χ0) is 20.2. The van der Waals surface area contributed by atoms with Gasteiger partial charge in [0.15, 0.2) is 0 Å². The fourth-order valence-corrected chi connectivity index (χ4v) is 3.28. The number of amides is 1. The molecule has 0 atom stereocenters. The van der Waals surface area contributed by atoms with Crippen molar-refractivity contribution in [2.45, 2.75) is 0 Å². The molecule has 0 saturated heterocycles. The second kappa shape index (κ2) is 7.94. The number of pyridine rings is 1. The van der Waals surface area contributed by atoms with Crippen molar-refractivity contribution in [1.82, 2.24) is 4.98 Å². The highest BCUT2D eigenvalue weighted by Crippen LogP contribution is 2.29. The summed E-state index contributed by atoms with van der Waals surface area (Å²) in [5.41, 5.74) is 3.16. The molecule has 0 radical (unpaired) electrons. The van der Waals surface area contributed by atoms with Gasteiger partial charge < -0.3 is 10.1 Å². The molecular weight excluding hydrogens is 364 g/mol. The van der Waals surface area contributed by atoms with Gasteiger partial charge in [0.2, 0.25) is 0 Å². The van der Waals surface area contributed by atoms with Crippen LogP contribution in [0.2, 0.25) is 0 Å². The average Bonchev–Trinajstić information content (AvgIpc) is 2.78. The number of anilines is 1. The molecule has 0 bridgehead atoms. The molecule has 5 heteroatoms. The number of benzene rings is 3. The minimum Gasteiger partial charge on any atom is -0.465 e. The zero-order valence-electron chi connectivity index (χ0n) is 15.8. The summed E-state index contributed by atoms with van der Waals surface area (Å²) in [5, 5.41) is 4.91. The van der Waals surface area contributed by atoms with Crippen LogP contribution in [0.5, 0.6) is 0 Å². The Hall–Kier alpha value is -3.99. The lowest BCUT2D eigenvalue weighted by Gasteiger charge is -2.11. The summed E-state index contributed by atoms with van der Waals surface area (Å²) in [6, 6.07) is 22.1. The van der Waals surface area contributed by atoms with Gasteiger partial charge in [-0.2, -0.15) is 0 Å². The number of rotatable bonds is 4. The molecule has 0 aliphatic rings. The molecule has 5 nitrogen and oxygen atoms in total. The molecule has 0 aliphatic carbocycles. The van der Waals surface area contributed by atoms with E-state index in [1.807, 2.05) is 48.7 Å². The molecule has 142 valence electrons. The summed E-state index contributed by atoms with van der Waals surface area (Å²) >= 11 is 0. The van der Waals surface area contributed by atoms with Crippen LogP contribution < -0.4 is 5.32 Å². The Morgan fingerprint density at radius 3 is 2.62 bits per heavy atom. The van der Waals surface area contributed by atoms with E-state index in [9.17, 15) is 9.59 Å². The predicted molar refractivity (Wildman–Crippen MR) is 113 cm³/mol. The first-order chi connectivity index (χ1) is 14.2. The van der Waals surface area contributed by atoms with Crippen molar-refractivity contribution in [1.29, 1.82) is 0 Å². The maximum absolute atomic E-state index is 12.9. The third-order valence-corrected chi connectivity index (χ3v) is 4.70. The number of hydrogen-bond acceptors (Lipinski definition) is 4. The van der Waals surface area contributed by atoms with Crippen LogP contribution in [0.15, 0.2) is 85.2 Å². The second-order valence-corrected chi connectivity index (χ2v) is 6.47. The second-order valence-electron chi connectivity index (χ2n) is 6.47. The minimum atomic E-state index is -0.501. The Kier molecular flexibility index (Phi) is 5.03. The first kappa shape index (κ1) is 18.4. The summed E-state index contributed by atoms with van der Waals surface area (Å²) in [7, 11) is 1.31. The van der Waals surface area contributed by atoms with Crippen molar-refractivity contribution in [3.63, 3.8) is 0 Å². The van der Waals surface area contributed by atoms with Crippen LogP contribution in [0.4, 0.5) is 5.69 Å². The molecule has 0 saturated carbocycles. The molecule has 1 heterocycles. The van der Waals surface area contributed by atoms with E-state index in [1.54, 1.807) is 36.5 Å². The van der Waals surface area contributed by atoms with E-state index in [2.05, 4.69) is 10.3 Å². The predicted octanol–water partition coefficient (Wildman–Crippen LogP) is 4.94. The van der Waals surface area contributed by atoms with Gasteiger partial charge >= 0.3 is 5.97 Å². The zero-order valence-corrected chi connectivity index (χ0v) is 15.8. The van der Waals surface area contributed by atoms with E-state index >= 15 is 0 Å². The van der Waals surface area contributed by atoms with E-state index in [0.717, 1.165) is 21.9 Å². The molecule has 0 fully saturated rings. The monoisotopic (exact) mass is 382 g/mol. The molecule has 0 spiro atoms. The molecule has 4 aromatic rings. The van der Waals surface area contributed by atoms with Crippen LogP contribution in [0, 0.1) is 0 Å². The Bertz CT molecular complexity index is 1210. The van der Waals surface area contributed by atoms with Gasteiger partial charge in [0.25, 0.3) is 5.91 Å². The largest absolute Gasteiger partial charge is 0.465 e. The molecular formula is C24H18N2O3. The number of carbonyl (C=O) groups is 2. The number of aromatic nitrogens is 1. The number of methoxy groups -OCH3 is 1. The SMILES string of the molecule is COC(=O)c1ccccc1NC(=O)c1cccc(-c2cccc3cnccc23)c1. The van der Waals surface area contributed by atoms with Crippen molar-refractivity contribution in [3.05, 3.63) is 96.3 Å². The number of hydrogen-bond donors (Lipinski definition) is 1. The van der Waals surface area contributed by atoms with Gasteiger partial charge in [-0.3, -0.25) is 9.78 Å². The maximum Gasteiger partial charge on any atom is 0.339 e. The summed E-state index contributed by atoms with van der Waals surface area (Å²) < 4.78 is 4.79. The summed E-state index contributed by atoms with van der Waals surface area (Å²) in [6.45, 7) is 0. The van der Waals surface area contributed by atoms with Gasteiger partial charge in [0, 0.05) is 23.3 Å². The normalized spacial score (nSPS) is 10.5. The molecule has 0 unspecified atom stereocenters. The lowest BCUT2D eigenvalue weighted by atomic mass is 9.98. The van der Waals surface area contributed by atoms with E-state index in [4.69, 9.17) is 4.74 Å². The molecule has 1 N–H and O–H groups in total. The van der Waals surface area contributed by atoms with Gasteiger partial charge in [-0.15, -0.1) is 0 Å². The van der Waals surface area contributed by atoms with Crippen LogP contribution in [0.25, 0.3) is 21.9 Å². The standard InChI is InChI=1S/C24H18N2O3/c1-29-24(28)21-9-2-3-11-22(21)26-23(27)17-7-4-6-16(14-17)19-10-5-8-18-15-25-13-12-20(18)19/h2-15H,1H3,(H,26,27). The Morgan fingerprint density at radius 1 is 0.931 bits per heavy atom. The lowest BCUT2D eigenvalue weighted by molar-refractivity contribution is 0.0602. The fourth-order valence-electron chi connectivity index (χ4n) is 3.28. The fraction of sp³-hybridized carbons (Fsp3) is 0.0417. The Labute approximate surface area is 168 Å². The first-order valence-electron chi connectivity index (χ1n) is 9.09. The summed E-state index contributed by atoms with van der Waals surface area (Å²) in [5.74, 6) is -0.802. The molecule has 1 amide bonds. The van der Waals surface area contributed by atoms with Gasteiger partial charge in [-0.1, -0.05) is 42.5 Å². The highest BCUT2D eigenvalue weighted by molar-refractivity contribution is 6.09. The van der Waals surface area contributed by atoms with Crippen LogP contribution in [0.3, 0.4) is 0 Å². The quantitative estimate of drug-likeness (QED) is 0.508. The first-order valence-corrected chi connectivity index (χ1v) is 9.09. The minimum absolute atomic E-state index is 0.301. The number of fused-ring (bicyclic) bond motifs is 1. The number of para-hydroxylation sites is 1. The third-order valence-electron chi connectivity index (χ3n) is 4.70. The van der Waals surface area contributed by atoms with Crippen molar-refractivity contribution >= 4 is 28.3 Å². The number of carbonyl (C=O) groups excluding carboxylic acids is 2. The summed E-state index contributed by atoms with van der Waals surface area (Å²) in [4.78, 5) is 29.0. The van der Waals surface area contributed by atoms with Crippen molar-refractivity contribution in [3.8, 4) is 11.1 Å². The Morgan fingerprint density at radius 2 is 1.76 bits per heavy atom. The van der Waals surface area contributed by atoms with E-state index in [-0.39, 0.29) is 5.91 Å². The van der Waals surface area contributed by atoms with Crippen molar-refractivity contribution in [2.24, 2.45) is 0 Å². The smallest absolute Gasteiger partial charge is 0.339 e. The average molecular weight is 382 g/mol. The van der Waals surface area contributed by atoms with Gasteiger partial charge in [-0.05, 0) is 46.8 Å². The Balaban J connectivity index is 1.68. The molecule has 0 aliphatic heterocycles. The molecule has 4 rings (SSSR count). The van der Waals surface area contributed by atoms with Crippen LogP contribution in [-0.2, 0) is 4.74 Å². The van der Waals surface area contributed by atoms with E-state index in [1.165, 1.54) is 7.11 Å². The molecule has 3 aromatic carbocycles. The number of ether oxygens (including phenoxy) is 1. The van der Waals surface area contributed by atoms with Gasteiger partial charge in [-0.25, -0.2) is 4.79 Å². The van der Waals surface area contributed by atoms with Gasteiger partial charge in [0.05, 0.1) is 18.4 Å². The lowest BCUT2D eigenvalue weighted by Crippen LogP contribution is -2.15.